The molecule has 0 aromatic heterocycles. The molecule has 2 nitrogen and oxygen atoms in total. The molecule has 112 valence electrons. The normalized spacial score (nSPS) is 19.3. The molecule has 0 bridgehead atoms. The van der Waals surface area contributed by atoms with Gasteiger partial charge in [-0.25, -0.2) is 0 Å². The molecule has 1 aliphatic heterocycles. The van der Waals surface area contributed by atoms with Crippen LogP contribution in [0.2, 0.25) is 0 Å². The maximum atomic E-state index is 12.7. The topological polar surface area (TPSA) is 21.3 Å². The zero-order valence-corrected chi connectivity index (χ0v) is 12.6. The van der Waals surface area contributed by atoms with Crippen molar-refractivity contribution in [3.05, 3.63) is 28.2 Å². The van der Waals surface area contributed by atoms with Gasteiger partial charge in [0.15, 0.2) is 0 Å². The summed E-state index contributed by atoms with van der Waals surface area (Å²) in [7, 11) is 0. The fraction of sp³-hybridized carbons (Fsp3) is 0.571. The first-order chi connectivity index (χ1) is 9.47. The quantitative estimate of drug-likeness (QED) is 0.766. The lowest BCUT2D eigenvalue weighted by Gasteiger charge is -2.13. The molecule has 0 spiro atoms. The molecular formula is C14H17BrF3NO. The third-order valence-corrected chi connectivity index (χ3v) is 4.02. The Bertz CT molecular complexity index is 445. The number of halogens is 4. The Balaban J connectivity index is 1.83. The van der Waals surface area contributed by atoms with Crippen molar-refractivity contribution in [2.45, 2.75) is 38.0 Å². The van der Waals surface area contributed by atoms with Gasteiger partial charge in [0.2, 0.25) is 0 Å². The number of nitrogens with one attached hydrogen (secondary N) is 1. The molecule has 1 N–H and O–H groups in total. The van der Waals surface area contributed by atoms with Crippen LogP contribution in [0, 0.1) is 0 Å². The van der Waals surface area contributed by atoms with Gasteiger partial charge in [-0.2, -0.15) is 13.2 Å². The summed E-state index contributed by atoms with van der Waals surface area (Å²) in [6.07, 6.45) is 0.0369. The van der Waals surface area contributed by atoms with Crippen molar-refractivity contribution in [3.63, 3.8) is 0 Å². The minimum absolute atomic E-state index is 0.0647. The van der Waals surface area contributed by atoms with Crippen LogP contribution < -0.4 is 5.32 Å². The Hall–Kier alpha value is -0.750. The first kappa shape index (κ1) is 15.6. The lowest BCUT2D eigenvalue weighted by molar-refractivity contribution is -0.138. The van der Waals surface area contributed by atoms with Crippen LogP contribution in [0.1, 0.15) is 31.2 Å². The molecular weight excluding hydrogens is 335 g/mol. The van der Waals surface area contributed by atoms with E-state index < -0.39 is 11.7 Å². The molecule has 1 heterocycles. The molecule has 0 amide bonds. The Morgan fingerprint density at radius 1 is 1.35 bits per heavy atom. The number of anilines is 1. The second kappa shape index (κ2) is 6.80. The Kier molecular flexibility index (Phi) is 5.32. The third-order valence-electron chi connectivity index (χ3n) is 3.33. The minimum atomic E-state index is -4.34. The Morgan fingerprint density at radius 3 is 2.80 bits per heavy atom. The van der Waals surface area contributed by atoms with Crippen molar-refractivity contribution >= 4 is 21.6 Å². The summed E-state index contributed by atoms with van der Waals surface area (Å²) in [6.45, 7) is 1.48. The highest BCUT2D eigenvalue weighted by molar-refractivity contribution is 9.10. The molecule has 6 heteroatoms. The number of hydrogen-bond acceptors (Lipinski definition) is 2. The van der Waals surface area contributed by atoms with Crippen LogP contribution in [-0.2, 0) is 10.9 Å². The predicted molar refractivity (Wildman–Crippen MR) is 75.8 cm³/mol. The highest BCUT2D eigenvalue weighted by atomic mass is 79.9. The molecule has 0 radical (unpaired) electrons. The van der Waals surface area contributed by atoms with Crippen molar-refractivity contribution in [3.8, 4) is 0 Å². The fourth-order valence-electron chi connectivity index (χ4n) is 2.29. The highest BCUT2D eigenvalue weighted by Crippen LogP contribution is 2.36. The maximum absolute atomic E-state index is 12.7. The molecule has 1 atom stereocenters. The molecule has 1 saturated heterocycles. The van der Waals surface area contributed by atoms with Gasteiger partial charge in [-0.15, -0.1) is 0 Å². The van der Waals surface area contributed by atoms with Crippen molar-refractivity contribution < 1.29 is 17.9 Å². The van der Waals surface area contributed by atoms with E-state index in [1.54, 1.807) is 6.07 Å². The zero-order chi connectivity index (χ0) is 14.6. The first-order valence-corrected chi connectivity index (χ1v) is 7.48. The maximum Gasteiger partial charge on any atom is 0.417 e. The van der Waals surface area contributed by atoms with Crippen molar-refractivity contribution in [1.29, 1.82) is 0 Å². The van der Waals surface area contributed by atoms with Crippen LogP contribution in [0.4, 0.5) is 18.9 Å². The summed E-state index contributed by atoms with van der Waals surface area (Å²) in [5.41, 5.74) is -0.158. The largest absolute Gasteiger partial charge is 0.417 e. The minimum Gasteiger partial charge on any atom is -0.385 e. The summed E-state index contributed by atoms with van der Waals surface area (Å²) in [6, 6.07) is 4.20. The van der Waals surface area contributed by atoms with E-state index in [1.165, 1.54) is 6.07 Å². The lowest BCUT2D eigenvalue weighted by Crippen LogP contribution is -2.10. The predicted octanol–water partition coefficient (Wildman–Crippen LogP) is 4.84. The molecule has 20 heavy (non-hydrogen) atoms. The highest BCUT2D eigenvalue weighted by Gasteiger charge is 2.33. The summed E-state index contributed by atoms with van der Waals surface area (Å²) in [5, 5.41) is 3.03. The summed E-state index contributed by atoms with van der Waals surface area (Å²) in [5.74, 6) is 0. The van der Waals surface area contributed by atoms with Crippen LogP contribution in [0.25, 0.3) is 0 Å². The van der Waals surface area contributed by atoms with Crippen molar-refractivity contribution in [2.24, 2.45) is 0 Å². The average Bonchev–Trinajstić information content (AvgIpc) is 2.88. The second-order valence-corrected chi connectivity index (χ2v) is 5.75. The van der Waals surface area contributed by atoms with Crippen LogP contribution in [0.15, 0.2) is 22.7 Å². The van der Waals surface area contributed by atoms with Gasteiger partial charge < -0.3 is 10.1 Å². The second-order valence-electron chi connectivity index (χ2n) is 4.90. The van der Waals surface area contributed by atoms with E-state index in [9.17, 15) is 13.2 Å². The third kappa shape index (κ3) is 4.38. The number of benzene rings is 1. The van der Waals surface area contributed by atoms with E-state index in [0.29, 0.717) is 18.3 Å². The lowest BCUT2D eigenvalue weighted by atomic mass is 10.1. The van der Waals surface area contributed by atoms with Crippen molar-refractivity contribution in [2.75, 3.05) is 18.5 Å². The molecule has 1 fully saturated rings. The van der Waals surface area contributed by atoms with Gasteiger partial charge in [-0.05, 0) is 43.9 Å². The number of ether oxygens (including phenoxy) is 1. The van der Waals surface area contributed by atoms with Gasteiger partial charge in [0.25, 0.3) is 0 Å². The number of rotatable bonds is 5. The van der Waals surface area contributed by atoms with E-state index in [1.807, 2.05) is 0 Å². The van der Waals surface area contributed by atoms with Crippen LogP contribution in [0.5, 0.6) is 0 Å². The van der Waals surface area contributed by atoms with Gasteiger partial charge in [0, 0.05) is 23.3 Å². The van der Waals surface area contributed by atoms with E-state index in [0.717, 1.165) is 38.4 Å². The molecule has 2 rings (SSSR count). The van der Waals surface area contributed by atoms with Crippen LogP contribution in [-0.4, -0.2) is 19.3 Å². The number of hydrogen-bond donors (Lipinski definition) is 1. The summed E-state index contributed by atoms with van der Waals surface area (Å²) < 4.78 is 43.8. The SMILES string of the molecule is FC(F)(F)c1cc(NCCCC2CCCO2)ccc1Br. The van der Waals surface area contributed by atoms with Gasteiger partial charge in [0.1, 0.15) is 0 Å². The van der Waals surface area contributed by atoms with Gasteiger partial charge in [-0.1, -0.05) is 15.9 Å². The van der Waals surface area contributed by atoms with E-state index in [4.69, 9.17) is 4.74 Å². The van der Waals surface area contributed by atoms with E-state index >= 15 is 0 Å². The Morgan fingerprint density at radius 2 is 2.15 bits per heavy atom. The molecule has 1 aliphatic rings. The summed E-state index contributed by atoms with van der Waals surface area (Å²) in [4.78, 5) is 0. The zero-order valence-electron chi connectivity index (χ0n) is 11.0. The van der Waals surface area contributed by atoms with Crippen molar-refractivity contribution in [1.82, 2.24) is 0 Å². The van der Waals surface area contributed by atoms with E-state index in [-0.39, 0.29) is 4.47 Å². The van der Waals surface area contributed by atoms with Gasteiger partial charge in [0.05, 0.1) is 11.7 Å². The summed E-state index contributed by atoms with van der Waals surface area (Å²) >= 11 is 2.93. The molecule has 1 aromatic carbocycles. The van der Waals surface area contributed by atoms with E-state index in [2.05, 4.69) is 21.2 Å². The van der Waals surface area contributed by atoms with Crippen LogP contribution >= 0.6 is 15.9 Å². The number of alkyl halides is 3. The molecule has 1 unspecified atom stereocenters. The van der Waals surface area contributed by atoms with Crippen LogP contribution in [0.3, 0.4) is 0 Å². The smallest absolute Gasteiger partial charge is 0.385 e. The fourth-order valence-corrected chi connectivity index (χ4v) is 2.76. The molecule has 0 saturated carbocycles. The van der Waals surface area contributed by atoms with Gasteiger partial charge >= 0.3 is 6.18 Å². The van der Waals surface area contributed by atoms with Gasteiger partial charge in [-0.3, -0.25) is 0 Å². The Labute approximate surface area is 124 Å². The molecule has 0 aliphatic carbocycles. The standard InChI is InChI=1S/C14H17BrF3NO/c15-13-6-5-10(9-12(13)14(16,17)18)19-7-1-3-11-4-2-8-20-11/h5-6,9,11,19H,1-4,7-8H2. The monoisotopic (exact) mass is 351 g/mol. The first-order valence-electron chi connectivity index (χ1n) is 6.69. The molecule has 1 aromatic rings. The average molecular weight is 352 g/mol.